The van der Waals surface area contributed by atoms with Crippen molar-refractivity contribution in [2.24, 2.45) is 0 Å². The predicted octanol–water partition coefficient (Wildman–Crippen LogP) is 3.25. The zero-order valence-corrected chi connectivity index (χ0v) is 17.0. The third-order valence-electron chi connectivity index (χ3n) is 5.61. The number of fused-ring (bicyclic) bond motifs is 1. The highest BCUT2D eigenvalue weighted by atomic mass is 16.3. The fourth-order valence-corrected chi connectivity index (χ4v) is 4.14. The lowest BCUT2D eigenvalue weighted by molar-refractivity contribution is 0.0170. The highest BCUT2D eigenvalue weighted by Crippen LogP contribution is 2.25. The number of pyridine rings is 1. The largest absolute Gasteiger partial charge is 0.387 e. The first-order chi connectivity index (χ1) is 13.9. The van der Waals surface area contributed by atoms with Crippen molar-refractivity contribution in [1.29, 1.82) is 0 Å². The molecule has 0 saturated carbocycles. The minimum atomic E-state index is -0.880. The van der Waals surface area contributed by atoms with Crippen LogP contribution in [0.5, 0.6) is 0 Å². The number of hydrogen-bond donors (Lipinski definition) is 1. The molecule has 0 radical (unpaired) electrons. The Morgan fingerprint density at radius 3 is 2.76 bits per heavy atom. The van der Waals surface area contributed by atoms with Crippen molar-refractivity contribution in [2.45, 2.75) is 25.5 Å². The molecule has 2 aromatic carbocycles. The van der Waals surface area contributed by atoms with E-state index in [1.807, 2.05) is 55.5 Å². The predicted molar refractivity (Wildman–Crippen MR) is 115 cm³/mol. The van der Waals surface area contributed by atoms with E-state index in [1.54, 1.807) is 11.9 Å². The smallest absolute Gasteiger partial charge is 0.253 e. The summed E-state index contributed by atoms with van der Waals surface area (Å²) < 4.78 is 0. The second-order valence-corrected chi connectivity index (χ2v) is 8.19. The second kappa shape index (κ2) is 7.93. The van der Waals surface area contributed by atoms with Gasteiger partial charge in [0.25, 0.3) is 5.91 Å². The molecule has 0 bridgehead atoms. The van der Waals surface area contributed by atoms with Gasteiger partial charge in [0.05, 0.1) is 17.7 Å². The summed E-state index contributed by atoms with van der Waals surface area (Å²) in [5.74, 6) is -0.0811. The van der Waals surface area contributed by atoms with Crippen LogP contribution < -0.4 is 0 Å². The molecule has 1 aromatic heterocycles. The monoisotopic (exact) mass is 389 g/mol. The molecular weight excluding hydrogens is 362 g/mol. The number of likely N-dealkylation sites (N-methyl/N-ethyl adjacent to an activating group) is 1. The molecule has 150 valence electrons. The summed E-state index contributed by atoms with van der Waals surface area (Å²) in [6, 6.07) is 19.8. The van der Waals surface area contributed by atoms with E-state index in [-0.39, 0.29) is 5.91 Å². The van der Waals surface area contributed by atoms with E-state index >= 15 is 0 Å². The van der Waals surface area contributed by atoms with Crippen LogP contribution >= 0.6 is 0 Å². The van der Waals surface area contributed by atoms with E-state index in [0.717, 1.165) is 29.7 Å². The van der Waals surface area contributed by atoms with E-state index < -0.39 is 5.60 Å². The number of carbonyl (C=O) groups is 1. The topological polar surface area (TPSA) is 56.7 Å². The maximum Gasteiger partial charge on any atom is 0.253 e. The Bertz CT molecular complexity index is 1020. The van der Waals surface area contributed by atoms with Gasteiger partial charge in [0.1, 0.15) is 0 Å². The quantitative estimate of drug-likeness (QED) is 0.728. The molecule has 1 amide bonds. The summed E-state index contributed by atoms with van der Waals surface area (Å²) in [6.45, 7) is 4.49. The van der Waals surface area contributed by atoms with Crippen LogP contribution in [-0.2, 0) is 6.54 Å². The van der Waals surface area contributed by atoms with Gasteiger partial charge in [-0.1, -0.05) is 36.4 Å². The van der Waals surface area contributed by atoms with Gasteiger partial charge in [-0.15, -0.1) is 0 Å². The molecule has 1 aliphatic rings. The average Bonchev–Trinajstić information content (AvgIpc) is 3.07. The molecule has 3 aromatic rings. The van der Waals surface area contributed by atoms with Gasteiger partial charge < -0.3 is 10.0 Å². The zero-order chi connectivity index (χ0) is 20.4. The molecule has 0 spiro atoms. The Labute approximate surface area is 171 Å². The van der Waals surface area contributed by atoms with Gasteiger partial charge in [0.2, 0.25) is 0 Å². The first-order valence-corrected chi connectivity index (χ1v) is 10.0. The average molecular weight is 389 g/mol. The number of aryl methyl sites for hydroxylation is 1. The Kier molecular flexibility index (Phi) is 5.35. The Morgan fingerprint density at radius 2 is 1.97 bits per heavy atom. The maximum absolute atomic E-state index is 12.9. The highest BCUT2D eigenvalue weighted by molar-refractivity contribution is 5.97. The first kappa shape index (κ1) is 19.6. The Hall–Kier alpha value is -2.76. The third-order valence-corrected chi connectivity index (χ3v) is 5.61. The van der Waals surface area contributed by atoms with E-state index in [2.05, 4.69) is 22.0 Å². The summed E-state index contributed by atoms with van der Waals surface area (Å²) in [6.07, 6.45) is 0.665. The van der Waals surface area contributed by atoms with Gasteiger partial charge in [0, 0.05) is 43.3 Å². The fraction of sp³-hybridized carbons (Fsp3) is 0.333. The van der Waals surface area contributed by atoms with Crippen LogP contribution in [0.15, 0.2) is 60.7 Å². The van der Waals surface area contributed by atoms with Crippen LogP contribution in [0.1, 0.15) is 28.0 Å². The fourth-order valence-electron chi connectivity index (χ4n) is 4.14. The number of β-amino-alcohol motifs (C(OH)–C–C–N with tert-alkyl or cyclic N) is 1. The van der Waals surface area contributed by atoms with Gasteiger partial charge in [-0.25, -0.2) is 0 Å². The lowest BCUT2D eigenvalue weighted by Crippen LogP contribution is -2.45. The van der Waals surface area contributed by atoms with Crippen molar-refractivity contribution in [3.8, 4) is 0 Å². The van der Waals surface area contributed by atoms with Crippen molar-refractivity contribution in [3.63, 3.8) is 0 Å². The summed E-state index contributed by atoms with van der Waals surface area (Å²) in [5.41, 5.74) is 2.82. The van der Waals surface area contributed by atoms with E-state index in [0.29, 0.717) is 25.1 Å². The van der Waals surface area contributed by atoms with Crippen LogP contribution in [-0.4, -0.2) is 58.1 Å². The van der Waals surface area contributed by atoms with Crippen LogP contribution in [0.25, 0.3) is 10.9 Å². The maximum atomic E-state index is 12.9. The number of benzene rings is 2. The number of hydrogen-bond acceptors (Lipinski definition) is 4. The number of likely N-dealkylation sites (tertiary alicyclic amines) is 1. The molecule has 5 nitrogen and oxygen atoms in total. The lowest BCUT2D eigenvalue weighted by Gasteiger charge is -2.29. The normalized spacial score (nSPS) is 19.6. The molecule has 1 saturated heterocycles. The molecule has 1 atom stereocenters. The first-order valence-electron chi connectivity index (χ1n) is 10.0. The molecule has 1 N–H and O–H groups in total. The number of carbonyl (C=O) groups excluding carboxylic acids is 1. The summed E-state index contributed by atoms with van der Waals surface area (Å²) >= 11 is 0. The molecular formula is C24H27N3O2. The number of amides is 1. The number of rotatable bonds is 5. The number of aromatic nitrogens is 1. The molecule has 4 rings (SSSR count). The molecule has 1 fully saturated rings. The van der Waals surface area contributed by atoms with E-state index in [4.69, 9.17) is 0 Å². The van der Waals surface area contributed by atoms with Crippen molar-refractivity contribution in [3.05, 3.63) is 77.5 Å². The van der Waals surface area contributed by atoms with Crippen molar-refractivity contribution >= 4 is 16.8 Å². The SMILES string of the molecule is Cc1ccc2cc(C(=O)N(C)CC3(O)CCN(Cc4ccccc4)C3)ccc2n1. The van der Waals surface area contributed by atoms with Gasteiger partial charge in [-0.05, 0) is 43.2 Å². The van der Waals surface area contributed by atoms with Crippen LogP contribution in [0, 0.1) is 6.92 Å². The molecule has 5 heteroatoms. The molecule has 29 heavy (non-hydrogen) atoms. The zero-order valence-electron chi connectivity index (χ0n) is 17.0. The third kappa shape index (κ3) is 4.47. The molecule has 0 aliphatic carbocycles. The number of nitrogens with zero attached hydrogens (tertiary/aromatic N) is 3. The highest BCUT2D eigenvalue weighted by Gasteiger charge is 2.37. The van der Waals surface area contributed by atoms with Gasteiger partial charge in [-0.2, -0.15) is 0 Å². The summed E-state index contributed by atoms with van der Waals surface area (Å²) in [4.78, 5) is 21.3. The minimum Gasteiger partial charge on any atom is -0.387 e. The van der Waals surface area contributed by atoms with Crippen molar-refractivity contribution in [1.82, 2.24) is 14.8 Å². The van der Waals surface area contributed by atoms with Crippen molar-refractivity contribution in [2.75, 3.05) is 26.7 Å². The second-order valence-electron chi connectivity index (χ2n) is 8.19. The lowest BCUT2D eigenvalue weighted by atomic mass is 10.0. The van der Waals surface area contributed by atoms with Crippen LogP contribution in [0.2, 0.25) is 0 Å². The molecule has 1 aliphatic heterocycles. The molecule has 1 unspecified atom stereocenters. The van der Waals surface area contributed by atoms with Gasteiger partial charge in [0.15, 0.2) is 0 Å². The summed E-state index contributed by atoms with van der Waals surface area (Å²) in [7, 11) is 1.76. The van der Waals surface area contributed by atoms with E-state index in [9.17, 15) is 9.90 Å². The molecule has 2 heterocycles. The van der Waals surface area contributed by atoms with Gasteiger partial charge in [-0.3, -0.25) is 14.7 Å². The minimum absolute atomic E-state index is 0.0811. The number of aliphatic hydroxyl groups is 1. The Balaban J connectivity index is 1.41. The standard InChI is InChI=1S/C24H27N3O2/c1-18-8-9-20-14-21(10-11-22(20)25-18)23(28)26(2)16-24(29)12-13-27(17-24)15-19-6-4-3-5-7-19/h3-11,14,29H,12-13,15-17H2,1-2H3. The summed E-state index contributed by atoms with van der Waals surface area (Å²) in [5, 5.41) is 12.0. The van der Waals surface area contributed by atoms with E-state index in [1.165, 1.54) is 5.56 Å². The van der Waals surface area contributed by atoms with Crippen LogP contribution in [0.3, 0.4) is 0 Å². The van der Waals surface area contributed by atoms with Gasteiger partial charge >= 0.3 is 0 Å². The van der Waals surface area contributed by atoms with Crippen molar-refractivity contribution < 1.29 is 9.90 Å². The van der Waals surface area contributed by atoms with Crippen LogP contribution in [0.4, 0.5) is 0 Å². The Morgan fingerprint density at radius 1 is 1.17 bits per heavy atom.